The Morgan fingerprint density at radius 2 is 1.79 bits per heavy atom. The van der Waals surface area contributed by atoms with Crippen LogP contribution in [0.15, 0.2) is 42.5 Å². The minimum Gasteiger partial charge on any atom is -0.489 e. The van der Waals surface area contributed by atoms with Gasteiger partial charge in [0.15, 0.2) is 0 Å². The zero-order chi connectivity index (χ0) is 21.4. The Morgan fingerprint density at radius 1 is 1.10 bits per heavy atom. The lowest BCUT2D eigenvalue weighted by Gasteiger charge is -2.19. The van der Waals surface area contributed by atoms with Crippen LogP contribution in [0.4, 0.5) is 0 Å². The molecule has 0 radical (unpaired) electrons. The smallest absolute Gasteiger partial charge is 0.222 e. The summed E-state index contributed by atoms with van der Waals surface area (Å²) in [5.41, 5.74) is 0.749. The lowest BCUT2D eigenvalue weighted by atomic mass is 10.0. The minimum atomic E-state index is -0.955. The van der Waals surface area contributed by atoms with Crippen molar-refractivity contribution in [3.63, 3.8) is 0 Å². The van der Waals surface area contributed by atoms with Crippen LogP contribution < -0.4 is 15.4 Å². The van der Waals surface area contributed by atoms with E-state index < -0.39 is 12.1 Å². The van der Waals surface area contributed by atoms with E-state index in [1.54, 1.807) is 42.5 Å². The molecule has 2 atom stereocenters. The van der Waals surface area contributed by atoms with Gasteiger partial charge in [0.05, 0.1) is 17.5 Å². The summed E-state index contributed by atoms with van der Waals surface area (Å²) < 4.78 is 5.44. The van der Waals surface area contributed by atoms with Gasteiger partial charge in [-0.3, -0.25) is 9.59 Å². The molecule has 0 saturated heterocycles. The lowest BCUT2D eigenvalue weighted by Crippen LogP contribution is -2.38. The van der Waals surface area contributed by atoms with Crippen LogP contribution >= 0.6 is 34.8 Å². The summed E-state index contributed by atoms with van der Waals surface area (Å²) in [4.78, 5) is 23.7. The molecule has 2 aromatic rings. The highest BCUT2D eigenvalue weighted by Gasteiger charge is 2.18. The molecule has 156 valence electrons. The van der Waals surface area contributed by atoms with E-state index >= 15 is 0 Å². The summed E-state index contributed by atoms with van der Waals surface area (Å²) >= 11 is 17.8. The fraction of sp³-hybridized carbons (Fsp3) is 0.300. The molecule has 0 aromatic heterocycles. The van der Waals surface area contributed by atoms with E-state index in [4.69, 9.17) is 39.5 Å². The number of hydrogen-bond donors (Lipinski definition) is 3. The maximum absolute atomic E-state index is 12.3. The zero-order valence-electron chi connectivity index (χ0n) is 15.6. The third-order valence-corrected chi connectivity index (χ3v) is 4.98. The molecular weight excluding hydrogens is 439 g/mol. The van der Waals surface area contributed by atoms with E-state index in [1.165, 1.54) is 6.92 Å². The summed E-state index contributed by atoms with van der Waals surface area (Å²) in [6.45, 7) is 1.28. The fourth-order valence-corrected chi connectivity index (χ4v) is 2.99. The normalized spacial score (nSPS) is 12.7. The lowest BCUT2D eigenvalue weighted by molar-refractivity contribution is -0.123. The van der Waals surface area contributed by atoms with Gasteiger partial charge in [0.2, 0.25) is 11.8 Å². The van der Waals surface area contributed by atoms with Crippen LogP contribution in [-0.4, -0.2) is 36.2 Å². The molecule has 0 aliphatic heterocycles. The topological polar surface area (TPSA) is 87.7 Å². The SMILES string of the molecule is CC(=O)NC(CC(=O)NCC(O)COc1cccc(Cl)c1Cl)c1ccc(Cl)cc1. The van der Waals surface area contributed by atoms with Gasteiger partial charge in [-0.2, -0.15) is 0 Å². The third-order valence-electron chi connectivity index (χ3n) is 3.92. The standard InChI is InChI=1S/C20H21Cl3N2O4/c1-12(26)25-17(13-5-7-14(21)8-6-13)9-19(28)24-10-15(27)11-29-18-4-2-3-16(22)20(18)23/h2-8,15,17,27H,9-11H2,1H3,(H,24,28)(H,25,26). The number of rotatable bonds is 9. The summed E-state index contributed by atoms with van der Waals surface area (Å²) in [6, 6.07) is 11.3. The first-order chi connectivity index (χ1) is 13.8. The van der Waals surface area contributed by atoms with Gasteiger partial charge in [-0.05, 0) is 29.8 Å². The van der Waals surface area contributed by atoms with E-state index in [-0.39, 0.29) is 36.4 Å². The van der Waals surface area contributed by atoms with Crippen LogP contribution in [0.25, 0.3) is 0 Å². The Hall–Kier alpha value is -1.99. The first-order valence-electron chi connectivity index (χ1n) is 8.80. The average molecular weight is 460 g/mol. The number of carbonyl (C=O) groups is 2. The second kappa shape index (κ2) is 11.3. The predicted molar refractivity (Wildman–Crippen MR) is 114 cm³/mol. The van der Waals surface area contributed by atoms with Crippen LogP contribution in [0.3, 0.4) is 0 Å². The molecule has 3 N–H and O–H groups in total. The average Bonchev–Trinajstić information content (AvgIpc) is 2.67. The molecule has 2 rings (SSSR count). The maximum atomic E-state index is 12.3. The van der Waals surface area contributed by atoms with Crippen LogP contribution in [0.2, 0.25) is 15.1 Å². The monoisotopic (exact) mass is 458 g/mol. The molecule has 2 amide bonds. The highest BCUT2D eigenvalue weighted by Crippen LogP contribution is 2.31. The van der Waals surface area contributed by atoms with E-state index in [2.05, 4.69) is 10.6 Å². The Bertz CT molecular complexity index is 846. The molecule has 0 saturated carbocycles. The van der Waals surface area contributed by atoms with Crippen LogP contribution in [0, 0.1) is 0 Å². The van der Waals surface area contributed by atoms with Gasteiger partial charge >= 0.3 is 0 Å². The second-order valence-electron chi connectivity index (χ2n) is 6.33. The largest absolute Gasteiger partial charge is 0.489 e. The van der Waals surface area contributed by atoms with Gasteiger partial charge < -0.3 is 20.5 Å². The molecule has 0 aliphatic carbocycles. The van der Waals surface area contributed by atoms with Crippen molar-refractivity contribution in [2.45, 2.75) is 25.5 Å². The van der Waals surface area contributed by atoms with Crippen molar-refractivity contribution in [1.29, 1.82) is 0 Å². The first-order valence-corrected chi connectivity index (χ1v) is 9.93. The Morgan fingerprint density at radius 3 is 2.45 bits per heavy atom. The van der Waals surface area contributed by atoms with Gasteiger partial charge in [-0.1, -0.05) is 53.0 Å². The molecule has 29 heavy (non-hydrogen) atoms. The maximum Gasteiger partial charge on any atom is 0.222 e. The quantitative estimate of drug-likeness (QED) is 0.533. The van der Waals surface area contributed by atoms with Gasteiger partial charge in [0, 0.05) is 18.5 Å². The fourth-order valence-electron chi connectivity index (χ4n) is 2.52. The van der Waals surface area contributed by atoms with Crippen molar-refractivity contribution in [3.05, 3.63) is 63.1 Å². The number of aliphatic hydroxyl groups excluding tert-OH is 1. The Balaban J connectivity index is 1.85. The number of carbonyl (C=O) groups excluding carboxylic acids is 2. The van der Waals surface area contributed by atoms with Crippen molar-refractivity contribution < 1.29 is 19.4 Å². The third kappa shape index (κ3) is 7.74. The highest BCUT2D eigenvalue weighted by atomic mass is 35.5. The van der Waals surface area contributed by atoms with Gasteiger partial charge in [0.1, 0.15) is 23.5 Å². The van der Waals surface area contributed by atoms with Gasteiger partial charge in [-0.15, -0.1) is 0 Å². The van der Waals surface area contributed by atoms with Gasteiger partial charge in [0.25, 0.3) is 0 Å². The number of halogens is 3. The Labute approximate surface area is 184 Å². The van der Waals surface area contributed by atoms with E-state index in [0.29, 0.717) is 15.8 Å². The van der Waals surface area contributed by atoms with Crippen molar-refractivity contribution in [2.24, 2.45) is 0 Å². The van der Waals surface area contributed by atoms with Crippen molar-refractivity contribution >= 4 is 46.6 Å². The summed E-state index contributed by atoms with van der Waals surface area (Å²) in [6.07, 6.45) is -0.946. The number of hydrogen-bond acceptors (Lipinski definition) is 4. The summed E-state index contributed by atoms with van der Waals surface area (Å²) in [7, 11) is 0. The number of ether oxygens (including phenoxy) is 1. The number of aliphatic hydroxyl groups is 1. The number of benzene rings is 2. The molecule has 2 unspecified atom stereocenters. The van der Waals surface area contributed by atoms with Crippen LogP contribution in [-0.2, 0) is 9.59 Å². The molecule has 6 nitrogen and oxygen atoms in total. The van der Waals surface area contributed by atoms with Crippen LogP contribution in [0.1, 0.15) is 24.9 Å². The first kappa shape index (κ1) is 23.3. The molecule has 0 bridgehead atoms. The predicted octanol–water partition coefficient (Wildman–Crippen LogP) is 3.77. The summed E-state index contributed by atoms with van der Waals surface area (Å²) in [5, 5.41) is 16.6. The molecule has 9 heteroatoms. The van der Waals surface area contributed by atoms with E-state index in [9.17, 15) is 14.7 Å². The number of amides is 2. The molecule has 0 fully saturated rings. The molecule has 0 heterocycles. The highest BCUT2D eigenvalue weighted by molar-refractivity contribution is 6.42. The molecule has 2 aromatic carbocycles. The van der Waals surface area contributed by atoms with Crippen LogP contribution in [0.5, 0.6) is 5.75 Å². The van der Waals surface area contributed by atoms with Crippen molar-refractivity contribution in [1.82, 2.24) is 10.6 Å². The minimum absolute atomic E-state index is 0.00884. The molecular formula is C20H21Cl3N2O4. The molecule has 0 spiro atoms. The molecule has 0 aliphatic rings. The Kier molecular flexibility index (Phi) is 9.04. The van der Waals surface area contributed by atoms with Crippen molar-refractivity contribution in [2.75, 3.05) is 13.2 Å². The van der Waals surface area contributed by atoms with Gasteiger partial charge in [-0.25, -0.2) is 0 Å². The second-order valence-corrected chi connectivity index (χ2v) is 7.55. The number of nitrogens with one attached hydrogen (secondary N) is 2. The summed E-state index contributed by atoms with van der Waals surface area (Å²) in [5.74, 6) is -0.249. The van der Waals surface area contributed by atoms with E-state index in [1.807, 2.05) is 0 Å². The zero-order valence-corrected chi connectivity index (χ0v) is 17.9. The van der Waals surface area contributed by atoms with Crippen molar-refractivity contribution in [3.8, 4) is 5.75 Å². The van der Waals surface area contributed by atoms with E-state index in [0.717, 1.165) is 5.56 Å².